The van der Waals surface area contributed by atoms with Gasteiger partial charge in [0.25, 0.3) is 0 Å². The number of piperidine rings is 1. The van der Waals surface area contributed by atoms with Crippen LogP contribution in [0.15, 0.2) is 66.7 Å². The van der Waals surface area contributed by atoms with Gasteiger partial charge in [0, 0.05) is 36.3 Å². The molecule has 3 heterocycles. The summed E-state index contributed by atoms with van der Waals surface area (Å²) < 4.78 is 39.8. The molecule has 0 radical (unpaired) electrons. The van der Waals surface area contributed by atoms with Crippen LogP contribution in [-0.2, 0) is 16.0 Å². The highest BCUT2D eigenvalue weighted by molar-refractivity contribution is 5.93. The second kappa shape index (κ2) is 14.3. The number of benzene rings is 2. The molecule has 4 aromatic rings. The number of carboxylic acid groups (broad SMARTS) is 1. The van der Waals surface area contributed by atoms with E-state index in [0.29, 0.717) is 60.2 Å². The minimum Gasteiger partial charge on any atom is -0.493 e. The molecule has 2 aromatic carbocycles. The zero-order valence-corrected chi connectivity index (χ0v) is 28.4. The fraction of sp³-hybridized carbons (Fsp3) is 0.395. The van der Waals surface area contributed by atoms with Crippen LogP contribution in [0.25, 0.3) is 11.1 Å². The minimum absolute atomic E-state index is 0.131. The number of aryl methyl sites for hydroxylation is 1. The molecule has 0 spiro atoms. The molecule has 1 saturated heterocycles. The highest BCUT2D eigenvalue weighted by atomic mass is 19.1. The average Bonchev–Trinajstić information content (AvgIpc) is 3.01. The summed E-state index contributed by atoms with van der Waals surface area (Å²) in [6.45, 7) is 13.5. The Morgan fingerprint density at radius 3 is 2.27 bits per heavy atom. The van der Waals surface area contributed by atoms with Crippen LogP contribution < -0.4 is 15.0 Å². The number of halogens is 2. The third-order valence-corrected chi connectivity index (χ3v) is 8.47. The Kier molecular flexibility index (Phi) is 10.3. The molecule has 1 fully saturated rings. The Hall–Kier alpha value is -4.57. The van der Waals surface area contributed by atoms with Gasteiger partial charge in [-0.1, -0.05) is 44.2 Å². The molecule has 0 saturated carbocycles. The maximum Gasteiger partial charge on any atom is 0.337 e. The van der Waals surface area contributed by atoms with Gasteiger partial charge in [-0.2, -0.15) is 4.39 Å². The van der Waals surface area contributed by atoms with Crippen LogP contribution >= 0.6 is 0 Å². The summed E-state index contributed by atoms with van der Waals surface area (Å²) in [4.78, 5) is 24.1. The third kappa shape index (κ3) is 8.66. The highest BCUT2D eigenvalue weighted by Crippen LogP contribution is 2.47. The zero-order valence-electron chi connectivity index (χ0n) is 28.4. The second-order valence-electron chi connectivity index (χ2n) is 14.0. The number of ether oxygens (including phenoxy) is 2. The van der Waals surface area contributed by atoms with Crippen molar-refractivity contribution in [3.05, 3.63) is 95.3 Å². The van der Waals surface area contributed by atoms with E-state index in [0.717, 1.165) is 24.0 Å². The van der Waals surface area contributed by atoms with Gasteiger partial charge in [-0.15, -0.1) is 0 Å². The smallest absolute Gasteiger partial charge is 0.337 e. The molecule has 1 atom stereocenters. The van der Waals surface area contributed by atoms with Crippen LogP contribution in [0, 0.1) is 24.1 Å². The van der Waals surface area contributed by atoms with Crippen LogP contribution in [0.5, 0.6) is 5.75 Å². The van der Waals surface area contributed by atoms with Gasteiger partial charge < -0.3 is 24.8 Å². The Morgan fingerprint density at radius 2 is 1.67 bits per heavy atom. The van der Waals surface area contributed by atoms with Crippen LogP contribution in [-0.4, -0.2) is 46.3 Å². The van der Waals surface area contributed by atoms with Crippen molar-refractivity contribution < 1.29 is 28.2 Å². The van der Waals surface area contributed by atoms with Gasteiger partial charge in [0.2, 0.25) is 5.95 Å². The summed E-state index contributed by atoms with van der Waals surface area (Å²) in [6.07, 6.45) is 1.12. The Bertz CT molecular complexity index is 1730. The minimum atomic E-state index is -1.29. The lowest BCUT2D eigenvalue weighted by Gasteiger charge is -2.41. The van der Waals surface area contributed by atoms with Crippen LogP contribution in [0.4, 0.5) is 26.1 Å². The number of hydrogen-bond acceptors (Lipinski definition) is 7. The van der Waals surface area contributed by atoms with Crippen LogP contribution in [0.2, 0.25) is 0 Å². The summed E-state index contributed by atoms with van der Waals surface area (Å²) in [7, 11) is 0. The van der Waals surface area contributed by atoms with Crippen molar-refractivity contribution in [3.63, 3.8) is 0 Å². The van der Waals surface area contributed by atoms with E-state index in [1.54, 1.807) is 31.2 Å². The van der Waals surface area contributed by atoms with Crippen molar-refractivity contribution in [2.75, 3.05) is 29.9 Å². The van der Waals surface area contributed by atoms with Gasteiger partial charge >= 0.3 is 5.97 Å². The Morgan fingerprint density at radius 1 is 1.00 bits per heavy atom. The van der Waals surface area contributed by atoms with E-state index < -0.39 is 23.6 Å². The molecule has 2 aromatic heterocycles. The van der Waals surface area contributed by atoms with Crippen molar-refractivity contribution >= 4 is 23.3 Å². The van der Waals surface area contributed by atoms with Crippen LogP contribution in [0.1, 0.15) is 70.4 Å². The van der Waals surface area contributed by atoms with Crippen molar-refractivity contribution in [1.82, 2.24) is 9.97 Å². The van der Waals surface area contributed by atoms with E-state index in [4.69, 9.17) is 14.5 Å². The zero-order chi connectivity index (χ0) is 34.6. The van der Waals surface area contributed by atoms with Crippen LogP contribution in [0.3, 0.4) is 0 Å². The molecule has 8 nitrogen and oxygen atoms in total. The molecule has 0 amide bonds. The number of nitrogens with one attached hydrogen (secondary N) is 1. The standard InChI is InChI=1S/C38H44F2N4O4/c1-24-31(34(36(45)46)48-37(2,3)4)33(44-21-19-38(5,6)20-22-44)32(35(41-24)43-30-9-7-8-29(40)42-30)26-12-16-28(17-13-26)47-23-18-25-10-14-27(39)15-11-25/h7-17,34H,18-23H2,1-6H3,(H,45,46)(H,41,42,43). The largest absolute Gasteiger partial charge is 0.493 e. The Balaban J connectivity index is 1.63. The molecule has 48 heavy (non-hydrogen) atoms. The molecule has 2 N–H and O–H groups in total. The van der Waals surface area contributed by atoms with E-state index in [2.05, 4.69) is 29.0 Å². The normalized spacial score (nSPS) is 15.2. The van der Waals surface area contributed by atoms with Crippen molar-refractivity contribution in [2.24, 2.45) is 5.41 Å². The molecule has 1 unspecified atom stereocenters. The number of carboxylic acids is 1. The quantitative estimate of drug-likeness (QED) is 0.155. The summed E-state index contributed by atoms with van der Waals surface area (Å²) in [5.74, 6) is -0.708. The number of anilines is 3. The van der Waals surface area contributed by atoms with E-state index in [9.17, 15) is 18.7 Å². The number of aliphatic carboxylic acids is 1. The molecule has 0 aliphatic carbocycles. The molecular formula is C38H44F2N4O4. The first-order valence-corrected chi connectivity index (χ1v) is 16.3. The topological polar surface area (TPSA) is 96.8 Å². The van der Waals surface area contributed by atoms with Gasteiger partial charge in [-0.25, -0.2) is 19.2 Å². The lowest BCUT2D eigenvalue weighted by molar-refractivity contribution is -0.160. The number of pyridine rings is 2. The lowest BCUT2D eigenvalue weighted by atomic mass is 9.82. The molecule has 5 rings (SSSR count). The van der Waals surface area contributed by atoms with Gasteiger partial charge in [0.1, 0.15) is 23.2 Å². The SMILES string of the molecule is Cc1nc(Nc2cccc(F)n2)c(-c2ccc(OCCc3ccc(F)cc3)cc2)c(N2CCC(C)(C)CC2)c1C(OC(C)(C)C)C(=O)O. The number of nitrogens with zero attached hydrogens (tertiary/aromatic N) is 3. The van der Waals surface area contributed by atoms with Gasteiger partial charge in [0.15, 0.2) is 6.10 Å². The van der Waals surface area contributed by atoms with E-state index in [1.165, 1.54) is 18.2 Å². The fourth-order valence-electron chi connectivity index (χ4n) is 5.89. The maximum absolute atomic E-state index is 14.2. The van der Waals surface area contributed by atoms with Crippen molar-refractivity contribution in [2.45, 2.75) is 72.5 Å². The summed E-state index contributed by atoms with van der Waals surface area (Å²) in [5.41, 5.74) is 3.42. The van der Waals surface area contributed by atoms with E-state index >= 15 is 0 Å². The summed E-state index contributed by atoms with van der Waals surface area (Å²) in [6, 6.07) is 18.4. The fourth-order valence-corrected chi connectivity index (χ4v) is 5.89. The monoisotopic (exact) mass is 658 g/mol. The van der Waals surface area contributed by atoms with Gasteiger partial charge in [-0.3, -0.25) is 0 Å². The molecule has 254 valence electrons. The second-order valence-corrected chi connectivity index (χ2v) is 14.0. The first-order valence-electron chi connectivity index (χ1n) is 16.3. The lowest BCUT2D eigenvalue weighted by Crippen LogP contribution is -2.39. The predicted octanol–water partition coefficient (Wildman–Crippen LogP) is 8.66. The number of aromatic nitrogens is 2. The van der Waals surface area contributed by atoms with Gasteiger partial charge in [0.05, 0.1) is 17.9 Å². The molecule has 1 aliphatic rings. The number of carbonyl (C=O) groups is 1. The summed E-state index contributed by atoms with van der Waals surface area (Å²) in [5, 5.41) is 13.8. The molecular weight excluding hydrogens is 614 g/mol. The van der Waals surface area contributed by atoms with Crippen molar-refractivity contribution in [1.29, 1.82) is 0 Å². The van der Waals surface area contributed by atoms with E-state index in [1.807, 2.05) is 45.0 Å². The van der Waals surface area contributed by atoms with E-state index in [-0.39, 0.29) is 17.1 Å². The first-order chi connectivity index (χ1) is 22.7. The first kappa shape index (κ1) is 34.8. The predicted molar refractivity (Wildman–Crippen MR) is 184 cm³/mol. The average molecular weight is 659 g/mol. The summed E-state index contributed by atoms with van der Waals surface area (Å²) >= 11 is 0. The Labute approximate surface area is 281 Å². The molecule has 1 aliphatic heterocycles. The molecule has 0 bridgehead atoms. The third-order valence-electron chi connectivity index (χ3n) is 8.47. The number of hydrogen-bond donors (Lipinski definition) is 2. The van der Waals surface area contributed by atoms with Gasteiger partial charge in [-0.05, 0) is 93.5 Å². The molecule has 10 heteroatoms. The van der Waals surface area contributed by atoms with Crippen molar-refractivity contribution in [3.8, 4) is 16.9 Å². The highest BCUT2D eigenvalue weighted by Gasteiger charge is 2.37. The maximum atomic E-state index is 14.2. The number of rotatable bonds is 11.